The normalized spacial score (nSPS) is 19.3. The fourth-order valence-corrected chi connectivity index (χ4v) is 3.66. The number of H-pyrrole nitrogens is 1. The molecule has 2 unspecified atom stereocenters. The van der Waals surface area contributed by atoms with Crippen LogP contribution in [0.2, 0.25) is 0 Å². The van der Waals surface area contributed by atoms with Gasteiger partial charge in [0.2, 0.25) is 0 Å². The van der Waals surface area contributed by atoms with Gasteiger partial charge in [-0.2, -0.15) is 10.2 Å². The van der Waals surface area contributed by atoms with Crippen LogP contribution in [-0.4, -0.2) is 43.2 Å². The maximum Gasteiger partial charge on any atom is 0.407 e. The molecule has 0 aromatic carbocycles. The number of carbonyl (C=O) groups excluding carboxylic acids is 1. The van der Waals surface area contributed by atoms with Crippen molar-refractivity contribution in [2.75, 3.05) is 5.32 Å². The summed E-state index contributed by atoms with van der Waals surface area (Å²) in [6, 6.07) is 4.00. The smallest absolute Gasteiger partial charge is 0.407 e. The highest BCUT2D eigenvalue weighted by Gasteiger charge is 2.30. The number of hydrogen-bond donors (Lipinski definition) is 3. The monoisotopic (exact) mass is 383 g/mol. The van der Waals surface area contributed by atoms with Gasteiger partial charge in [-0.05, 0) is 39.2 Å². The summed E-state index contributed by atoms with van der Waals surface area (Å²) in [6.07, 6.45) is 5.74. The van der Waals surface area contributed by atoms with Crippen LogP contribution in [0.15, 0.2) is 24.5 Å². The average molecular weight is 383 g/mol. The van der Waals surface area contributed by atoms with Crippen LogP contribution in [0, 0.1) is 0 Å². The molecule has 28 heavy (non-hydrogen) atoms. The van der Waals surface area contributed by atoms with Gasteiger partial charge in [-0.25, -0.2) is 9.78 Å². The Kier molecular flexibility index (Phi) is 4.89. The van der Waals surface area contributed by atoms with Crippen molar-refractivity contribution in [2.24, 2.45) is 7.05 Å². The quantitative estimate of drug-likeness (QED) is 0.624. The second-order valence-corrected chi connectivity index (χ2v) is 7.53. The lowest BCUT2D eigenvalue weighted by Crippen LogP contribution is -2.33. The van der Waals surface area contributed by atoms with Crippen LogP contribution in [0.5, 0.6) is 0 Å². The molecule has 0 bridgehead atoms. The summed E-state index contributed by atoms with van der Waals surface area (Å²) in [5.74, 6) is 1.73. The van der Waals surface area contributed by atoms with Crippen molar-refractivity contribution < 1.29 is 9.53 Å². The van der Waals surface area contributed by atoms with Crippen LogP contribution in [0.3, 0.4) is 0 Å². The summed E-state index contributed by atoms with van der Waals surface area (Å²) in [6.45, 7) is 3.83. The van der Waals surface area contributed by atoms with Gasteiger partial charge in [0.15, 0.2) is 5.82 Å². The zero-order chi connectivity index (χ0) is 19.7. The molecule has 1 amide bonds. The Labute approximate surface area is 162 Å². The van der Waals surface area contributed by atoms with Crippen LogP contribution >= 0.6 is 0 Å². The molecule has 0 saturated heterocycles. The Morgan fingerprint density at radius 2 is 2.25 bits per heavy atom. The molecular weight excluding hydrogens is 358 g/mol. The molecule has 148 valence electrons. The van der Waals surface area contributed by atoms with E-state index in [0.29, 0.717) is 11.7 Å². The number of amides is 1. The number of aryl methyl sites for hydroxylation is 1. The van der Waals surface area contributed by atoms with E-state index in [9.17, 15) is 4.79 Å². The summed E-state index contributed by atoms with van der Waals surface area (Å²) in [5, 5.41) is 18.7. The van der Waals surface area contributed by atoms with E-state index in [1.54, 1.807) is 12.4 Å². The maximum absolute atomic E-state index is 11.8. The van der Waals surface area contributed by atoms with E-state index in [1.807, 2.05) is 37.7 Å². The molecule has 1 aliphatic rings. The predicted octanol–water partition coefficient (Wildman–Crippen LogP) is 3.21. The van der Waals surface area contributed by atoms with Gasteiger partial charge in [0.25, 0.3) is 0 Å². The third kappa shape index (κ3) is 3.78. The van der Waals surface area contributed by atoms with Gasteiger partial charge in [-0.1, -0.05) is 0 Å². The Balaban J connectivity index is 1.40. The van der Waals surface area contributed by atoms with Gasteiger partial charge in [0.05, 0.1) is 17.1 Å². The minimum Gasteiger partial charge on any atom is -0.446 e. The Morgan fingerprint density at radius 1 is 1.39 bits per heavy atom. The average Bonchev–Trinajstić information content (AvgIpc) is 3.36. The minimum absolute atomic E-state index is 0.0609. The third-order valence-corrected chi connectivity index (χ3v) is 5.02. The Morgan fingerprint density at radius 3 is 3.07 bits per heavy atom. The highest BCUT2D eigenvalue weighted by atomic mass is 16.6. The first-order chi connectivity index (χ1) is 13.5. The largest absolute Gasteiger partial charge is 0.446 e. The van der Waals surface area contributed by atoms with Crippen molar-refractivity contribution in [1.82, 2.24) is 30.3 Å². The van der Waals surface area contributed by atoms with E-state index >= 15 is 0 Å². The molecule has 9 nitrogen and oxygen atoms in total. The number of aromatic nitrogens is 5. The number of carbonyl (C=O) groups is 1. The highest BCUT2D eigenvalue weighted by Crippen LogP contribution is 2.36. The minimum atomic E-state index is -0.344. The Bertz CT molecular complexity index is 978. The van der Waals surface area contributed by atoms with Crippen LogP contribution in [0.4, 0.5) is 16.4 Å². The van der Waals surface area contributed by atoms with Gasteiger partial charge in [-0.3, -0.25) is 9.78 Å². The van der Waals surface area contributed by atoms with Crippen molar-refractivity contribution >= 4 is 28.6 Å². The zero-order valence-corrected chi connectivity index (χ0v) is 16.3. The molecule has 1 fully saturated rings. The number of aromatic amines is 1. The first kappa shape index (κ1) is 18.3. The number of nitrogens with one attached hydrogen (secondary N) is 3. The second-order valence-electron chi connectivity index (χ2n) is 7.53. The van der Waals surface area contributed by atoms with Gasteiger partial charge in [0.1, 0.15) is 11.9 Å². The predicted molar refractivity (Wildman–Crippen MR) is 106 cm³/mol. The van der Waals surface area contributed by atoms with Crippen molar-refractivity contribution in [1.29, 1.82) is 0 Å². The first-order valence-electron chi connectivity index (χ1n) is 9.56. The van der Waals surface area contributed by atoms with E-state index in [4.69, 9.17) is 4.74 Å². The molecule has 3 heterocycles. The molecule has 2 atom stereocenters. The van der Waals surface area contributed by atoms with Gasteiger partial charge >= 0.3 is 6.09 Å². The van der Waals surface area contributed by atoms with E-state index in [2.05, 4.69) is 30.9 Å². The van der Waals surface area contributed by atoms with Gasteiger partial charge < -0.3 is 15.4 Å². The lowest BCUT2D eigenvalue weighted by molar-refractivity contribution is 0.0981. The molecule has 0 spiro atoms. The molecule has 0 aliphatic heterocycles. The molecular formula is C19H25N7O2. The highest BCUT2D eigenvalue weighted by molar-refractivity contribution is 5.90. The van der Waals surface area contributed by atoms with E-state index in [1.165, 1.54) is 0 Å². The SMILES string of the molecule is CC(C)NC(=O)OC1CCC(c2cc(Nc3nccc4c3cnn4C)n[nH]2)C1. The second kappa shape index (κ2) is 7.49. The number of anilines is 2. The third-order valence-electron chi connectivity index (χ3n) is 5.02. The number of nitrogens with zero attached hydrogens (tertiary/aromatic N) is 4. The van der Waals surface area contributed by atoms with E-state index in [0.717, 1.165) is 41.7 Å². The first-order valence-corrected chi connectivity index (χ1v) is 9.56. The molecule has 9 heteroatoms. The van der Waals surface area contributed by atoms with Crippen molar-refractivity contribution in [3.05, 3.63) is 30.2 Å². The number of hydrogen-bond acceptors (Lipinski definition) is 6. The van der Waals surface area contributed by atoms with Crippen molar-refractivity contribution in [2.45, 2.75) is 51.2 Å². The summed E-state index contributed by atoms with van der Waals surface area (Å²) in [7, 11) is 1.90. The number of rotatable bonds is 5. The lowest BCUT2D eigenvalue weighted by atomic mass is 10.0. The summed E-state index contributed by atoms with van der Waals surface area (Å²) in [4.78, 5) is 16.2. The van der Waals surface area contributed by atoms with Crippen molar-refractivity contribution in [3.63, 3.8) is 0 Å². The fraction of sp³-hybridized carbons (Fsp3) is 0.474. The van der Waals surface area contributed by atoms with E-state index in [-0.39, 0.29) is 18.2 Å². The molecule has 4 rings (SSSR count). The molecule has 0 radical (unpaired) electrons. The summed E-state index contributed by atoms with van der Waals surface area (Å²) < 4.78 is 7.32. The van der Waals surface area contributed by atoms with Crippen LogP contribution < -0.4 is 10.6 Å². The molecule has 1 saturated carbocycles. The fourth-order valence-electron chi connectivity index (χ4n) is 3.66. The van der Waals surface area contributed by atoms with E-state index < -0.39 is 0 Å². The van der Waals surface area contributed by atoms with Gasteiger partial charge in [0, 0.05) is 37.0 Å². The zero-order valence-electron chi connectivity index (χ0n) is 16.3. The molecule has 3 aromatic heterocycles. The summed E-state index contributed by atoms with van der Waals surface area (Å²) in [5.41, 5.74) is 2.04. The standard InChI is InChI=1S/C19H25N7O2/c1-11(2)22-19(27)28-13-5-4-12(8-13)15-9-17(25-24-15)23-18-14-10-21-26(3)16(14)6-7-20-18/h6-7,9-13H,4-5,8H2,1-3H3,(H,22,27)(H2,20,23,24,25). The summed E-state index contributed by atoms with van der Waals surface area (Å²) >= 11 is 0. The molecule has 1 aliphatic carbocycles. The maximum atomic E-state index is 11.8. The topological polar surface area (TPSA) is 110 Å². The number of alkyl carbamates (subject to hydrolysis) is 1. The van der Waals surface area contributed by atoms with Crippen LogP contribution in [0.1, 0.15) is 44.7 Å². The number of pyridine rings is 1. The number of fused-ring (bicyclic) bond motifs is 1. The molecule has 3 N–H and O–H groups in total. The van der Waals surface area contributed by atoms with Crippen LogP contribution in [-0.2, 0) is 11.8 Å². The van der Waals surface area contributed by atoms with Gasteiger partial charge in [-0.15, -0.1) is 0 Å². The lowest BCUT2D eigenvalue weighted by Gasteiger charge is -2.14. The van der Waals surface area contributed by atoms with Crippen molar-refractivity contribution in [3.8, 4) is 0 Å². The Hall–Kier alpha value is -3.10. The molecule has 3 aromatic rings. The van der Waals surface area contributed by atoms with Crippen LogP contribution in [0.25, 0.3) is 10.9 Å². The number of ether oxygens (including phenoxy) is 1.